The maximum Gasteiger partial charge on any atom is 0.259 e. The van der Waals surface area contributed by atoms with Crippen molar-refractivity contribution in [2.75, 3.05) is 0 Å². The lowest BCUT2D eigenvalue weighted by Crippen LogP contribution is -2.09. The second-order valence-electron chi connectivity index (χ2n) is 4.60. The Labute approximate surface area is 122 Å². The molecule has 0 bridgehead atoms. The van der Waals surface area contributed by atoms with Crippen LogP contribution in [0.4, 0.5) is 0 Å². The van der Waals surface area contributed by atoms with Gasteiger partial charge >= 0.3 is 0 Å². The average Bonchev–Trinajstić information content (AvgIpc) is 2.53. The number of aromatic amines is 1. The number of para-hydroxylation sites is 1. The highest BCUT2D eigenvalue weighted by Crippen LogP contribution is 2.06. The number of fused-ring (bicyclic) bond motifs is 1. The number of hydrogen-bond donors (Lipinski definition) is 1. The molecule has 0 aliphatic rings. The zero-order valence-electron chi connectivity index (χ0n) is 11.4. The van der Waals surface area contributed by atoms with E-state index in [4.69, 9.17) is 0 Å². The molecule has 0 radical (unpaired) electrons. The van der Waals surface area contributed by atoms with E-state index in [0.29, 0.717) is 16.7 Å². The molecular weight excluding hydrogens is 260 g/mol. The molecule has 0 saturated heterocycles. The molecule has 2 aromatic carbocycles. The highest BCUT2D eigenvalue weighted by Gasteiger charge is 1.99. The molecule has 3 rings (SSSR count). The maximum atomic E-state index is 11.9. The van der Waals surface area contributed by atoms with Gasteiger partial charge in [0.25, 0.3) is 5.56 Å². The zero-order valence-corrected chi connectivity index (χ0v) is 11.4. The number of hydrogen-bond acceptors (Lipinski definition) is 2. The summed E-state index contributed by atoms with van der Waals surface area (Å²) < 4.78 is 0. The molecule has 1 N–H and O–H groups in total. The maximum absolute atomic E-state index is 11.9. The van der Waals surface area contributed by atoms with Gasteiger partial charge in [0.2, 0.25) is 0 Å². The Hall–Kier alpha value is -2.94. The summed E-state index contributed by atoms with van der Waals surface area (Å²) in [5.41, 5.74) is 1.71. The molecule has 0 aliphatic heterocycles. The van der Waals surface area contributed by atoms with Gasteiger partial charge in [-0.3, -0.25) is 4.79 Å². The fraction of sp³-hybridized carbons (Fsp3) is 0. The lowest BCUT2D eigenvalue weighted by Gasteiger charge is -1.97. The Morgan fingerprint density at radius 3 is 2.43 bits per heavy atom. The van der Waals surface area contributed by atoms with E-state index >= 15 is 0 Å². The monoisotopic (exact) mass is 274 g/mol. The summed E-state index contributed by atoms with van der Waals surface area (Å²) in [6.07, 6.45) is 7.56. The summed E-state index contributed by atoms with van der Waals surface area (Å²) in [7, 11) is 0. The number of aromatic nitrogens is 2. The molecule has 0 fully saturated rings. The Kier molecular flexibility index (Phi) is 3.74. The van der Waals surface area contributed by atoms with Crippen LogP contribution in [0.5, 0.6) is 0 Å². The normalized spacial score (nSPS) is 11.6. The predicted octanol–water partition coefficient (Wildman–Crippen LogP) is 3.65. The minimum Gasteiger partial charge on any atom is -0.306 e. The van der Waals surface area contributed by atoms with Crippen LogP contribution in [0.3, 0.4) is 0 Å². The average molecular weight is 274 g/mol. The lowest BCUT2D eigenvalue weighted by molar-refractivity contribution is 1.14. The largest absolute Gasteiger partial charge is 0.306 e. The van der Waals surface area contributed by atoms with Crippen molar-refractivity contribution in [1.82, 2.24) is 9.97 Å². The van der Waals surface area contributed by atoms with E-state index in [0.717, 1.165) is 5.56 Å². The number of rotatable bonds is 3. The summed E-state index contributed by atoms with van der Waals surface area (Å²) in [5.74, 6) is 0.552. The van der Waals surface area contributed by atoms with E-state index in [1.165, 1.54) is 0 Å². The van der Waals surface area contributed by atoms with E-state index in [1.807, 2.05) is 66.8 Å². The van der Waals surface area contributed by atoms with E-state index in [1.54, 1.807) is 12.1 Å². The van der Waals surface area contributed by atoms with Crippen LogP contribution in [0.15, 0.2) is 71.5 Å². The van der Waals surface area contributed by atoms with Gasteiger partial charge in [0.05, 0.1) is 10.9 Å². The molecule has 1 heterocycles. The highest BCUT2D eigenvalue weighted by molar-refractivity contribution is 5.77. The number of H-pyrrole nitrogens is 1. The SMILES string of the molecule is O=c1[nH]c(C=CC=Cc2ccccc2)nc2ccccc12. The van der Waals surface area contributed by atoms with Gasteiger partial charge in [-0.1, -0.05) is 60.7 Å². The highest BCUT2D eigenvalue weighted by atomic mass is 16.1. The van der Waals surface area contributed by atoms with Gasteiger partial charge in [-0.15, -0.1) is 0 Å². The van der Waals surface area contributed by atoms with Crippen LogP contribution >= 0.6 is 0 Å². The van der Waals surface area contributed by atoms with E-state index in [-0.39, 0.29) is 5.56 Å². The molecule has 0 atom stereocenters. The van der Waals surface area contributed by atoms with Crippen molar-refractivity contribution in [2.45, 2.75) is 0 Å². The molecule has 1 aromatic heterocycles. The van der Waals surface area contributed by atoms with Gasteiger partial charge in [0, 0.05) is 0 Å². The van der Waals surface area contributed by atoms with E-state index < -0.39 is 0 Å². The Morgan fingerprint density at radius 2 is 1.57 bits per heavy atom. The molecule has 3 heteroatoms. The van der Waals surface area contributed by atoms with Crippen molar-refractivity contribution in [3.63, 3.8) is 0 Å². The third-order valence-corrected chi connectivity index (χ3v) is 3.08. The van der Waals surface area contributed by atoms with Gasteiger partial charge in [0.15, 0.2) is 0 Å². The summed E-state index contributed by atoms with van der Waals surface area (Å²) in [4.78, 5) is 19.1. The molecule has 3 nitrogen and oxygen atoms in total. The topological polar surface area (TPSA) is 45.8 Å². The van der Waals surface area contributed by atoms with Crippen molar-refractivity contribution in [3.05, 3.63) is 88.5 Å². The summed E-state index contributed by atoms with van der Waals surface area (Å²) in [6.45, 7) is 0. The summed E-state index contributed by atoms with van der Waals surface area (Å²) in [5, 5.41) is 0.606. The Morgan fingerprint density at radius 1 is 0.857 bits per heavy atom. The van der Waals surface area contributed by atoms with Crippen molar-refractivity contribution < 1.29 is 0 Å². The van der Waals surface area contributed by atoms with Crippen LogP contribution in [0.2, 0.25) is 0 Å². The summed E-state index contributed by atoms with van der Waals surface area (Å²) >= 11 is 0. The fourth-order valence-corrected chi connectivity index (χ4v) is 2.06. The summed E-state index contributed by atoms with van der Waals surface area (Å²) in [6, 6.07) is 17.3. The molecular formula is C18H14N2O. The third-order valence-electron chi connectivity index (χ3n) is 3.08. The molecule has 3 aromatic rings. The van der Waals surface area contributed by atoms with Crippen LogP contribution in [0, 0.1) is 0 Å². The first-order valence-electron chi connectivity index (χ1n) is 6.72. The van der Waals surface area contributed by atoms with Crippen molar-refractivity contribution in [3.8, 4) is 0 Å². The third kappa shape index (κ3) is 3.15. The fourth-order valence-electron chi connectivity index (χ4n) is 2.06. The number of nitrogens with zero attached hydrogens (tertiary/aromatic N) is 1. The van der Waals surface area contributed by atoms with Gasteiger partial charge in [-0.05, 0) is 23.8 Å². The first-order chi connectivity index (χ1) is 10.3. The lowest BCUT2D eigenvalue weighted by atomic mass is 10.2. The molecule has 21 heavy (non-hydrogen) atoms. The molecule has 0 saturated carbocycles. The van der Waals surface area contributed by atoms with Gasteiger partial charge < -0.3 is 4.98 Å². The molecule has 102 valence electrons. The number of benzene rings is 2. The van der Waals surface area contributed by atoms with Crippen LogP contribution in [-0.4, -0.2) is 9.97 Å². The minimum atomic E-state index is -0.118. The number of allylic oxidation sites excluding steroid dienone is 2. The van der Waals surface area contributed by atoms with E-state index in [2.05, 4.69) is 9.97 Å². The van der Waals surface area contributed by atoms with Crippen molar-refractivity contribution >= 4 is 23.1 Å². The van der Waals surface area contributed by atoms with Gasteiger partial charge in [-0.2, -0.15) is 0 Å². The van der Waals surface area contributed by atoms with Crippen molar-refractivity contribution in [1.29, 1.82) is 0 Å². The minimum absolute atomic E-state index is 0.118. The molecule has 0 amide bonds. The standard InChI is InChI=1S/C18H14N2O/c21-18-15-11-5-6-12-16(15)19-17(20-18)13-7-4-10-14-8-2-1-3-9-14/h1-13H,(H,19,20,21). The van der Waals surface area contributed by atoms with Gasteiger partial charge in [-0.25, -0.2) is 4.98 Å². The zero-order chi connectivity index (χ0) is 14.5. The van der Waals surface area contributed by atoms with Crippen LogP contribution in [0.1, 0.15) is 11.4 Å². The first-order valence-corrected chi connectivity index (χ1v) is 6.72. The van der Waals surface area contributed by atoms with Gasteiger partial charge in [0.1, 0.15) is 5.82 Å². The van der Waals surface area contributed by atoms with Crippen LogP contribution in [0.25, 0.3) is 23.1 Å². The van der Waals surface area contributed by atoms with Crippen LogP contribution in [-0.2, 0) is 0 Å². The molecule has 0 unspecified atom stereocenters. The Balaban J connectivity index is 1.83. The smallest absolute Gasteiger partial charge is 0.259 e. The molecule has 0 aliphatic carbocycles. The Bertz CT molecular complexity index is 861. The predicted molar refractivity (Wildman–Crippen MR) is 86.9 cm³/mol. The quantitative estimate of drug-likeness (QED) is 0.741. The van der Waals surface area contributed by atoms with Crippen LogP contribution < -0.4 is 5.56 Å². The number of nitrogens with one attached hydrogen (secondary N) is 1. The van der Waals surface area contributed by atoms with Crippen molar-refractivity contribution in [2.24, 2.45) is 0 Å². The first kappa shape index (κ1) is 13.1. The van der Waals surface area contributed by atoms with E-state index in [9.17, 15) is 4.79 Å². The molecule has 0 spiro atoms. The second-order valence-corrected chi connectivity index (χ2v) is 4.60. The second kappa shape index (κ2) is 6.01.